The Hall–Kier alpha value is -3.61. The first-order valence-corrected chi connectivity index (χ1v) is 8.96. The molecule has 1 aliphatic rings. The number of fused-ring (bicyclic) bond motifs is 3. The fourth-order valence-corrected chi connectivity index (χ4v) is 3.60. The Kier molecular flexibility index (Phi) is 4.80. The van der Waals surface area contributed by atoms with Gasteiger partial charge in [0.25, 0.3) is 0 Å². The molecular weight excluding hydrogens is 358 g/mol. The quantitative estimate of drug-likeness (QED) is 0.613. The highest BCUT2D eigenvalue weighted by Gasteiger charge is 2.29. The lowest BCUT2D eigenvalue weighted by molar-refractivity contribution is -0.139. The van der Waals surface area contributed by atoms with Crippen molar-refractivity contribution in [1.29, 1.82) is 0 Å². The molecule has 0 saturated carbocycles. The van der Waals surface area contributed by atoms with Crippen molar-refractivity contribution >= 4 is 12.1 Å². The van der Waals surface area contributed by atoms with Gasteiger partial charge in [0, 0.05) is 24.2 Å². The van der Waals surface area contributed by atoms with Crippen LogP contribution in [0.2, 0.25) is 0 Å². The lowest BCUT2D eigenvalue weighted by Crippen LogP contribution is -2.43. The Labute approximate surface area is 161 Å². The van der Waals surface area contributed by atoms with Crippen LogP contribution in [0.4, 0.5) is 4.79 Å². The number of aromatic nitrogens is 2. The third kappa shape index (κ3) is 3.46. The molecule has 4 rings (SSSR count). The van der Waals surface area contributed by atoms with E-state index in [2.05, 4.69) is 27.6 Å². The summed E-state index contributed by atoms with van der Waals surface area (Å²) in [6.07, 6.45) is 0.870. The van der Waals surface area contributed by atoms with E-state index in [-0.39, 0.29) is 18.9 Å². The number of H-pyrrole nitrogens is 1. The summed E-state index contributed by atoms with van der Waals surface area (Å²) in [5, 5.41) is 18.2. The molecule has 1 amide bonds. The zero-order valence-electron chi connectivity index (χ0n) is 15.0. The van der Waals surface area contributed by atoms with E-state index in [0.29, 0.717) is 5.69 Å². The van der Waals surface area contributed by atoms with Crippen LogP contribution in [0.25, 0.3) is 11.1 Å². The molecule has 1 heterocycles. The summed E-state index contributed by atoms with van der Waals surface area (Å²) in [4.78, 5) is 23.7. The highest BCUT2D eigenvalue weighted by atomic mass is 16.5. The Balaban J connectivity index is 1.44. The van der Waals surface area contributed by atoms with Crippen LogP contribution in [-0.2, 0) is 16.0 Å². The standard InChI is InChI=1S/C21H19N3O4/c25-20(26)19(11-13-9-10-22-24-13)23-21(27)28-12-18-16-7-3-1-5-14(16)15-6-2-4-8-17(15)18/h1-10,18-19H,11-12H2,(H,22,24)(H,23,27)(H,25,26)/t19-/m0/s1. The molecule has 1 aliphatic carbocycles. The molecule has 1 atom stereocenters. The van der Waals surface area contributed by atoms with Gasteiger partial charge >= 0.3 is 12.1 Å². The van der Waals surface area contributed by atoms with E-state index in [1.807, 2.05) is 36.4 Å². The van der Waals surface area contributed by atoms with Gasteiger partial charge in [-0.1, -0.05) is 48.5 Å². The summed E-state index contributed by atoms with van der Waals surface area (Å²) in [5.74, 6) is -1.21. The first-order valence-electron chi connectivity index (χ1n) is 8.96. The maximum absolute atomic E-state index is 12.2. The van der Waals surface area contributed by atoms with Crippen LogP contribution in [0.3, 0.4) is 0 Å². The number of carboxylic acids is 1. The molecule has 0 saturated heterocycles. The van der Waals surface area contributed by atoms with Crippen LogP contribution >= 0.6 is 0 Å². The second-order valence-electron chi connectivity index (χ2n) is 6.65. The van der Waals surface area contributed by atoms with Gasteiger partial charge in [0.05, 0.1) is 0 Å². The molecular formula is C21H19N3O4. The number of rotatable bonds is 6. The molecule has 7 heteroatoms. The van der Waals surface area contributed by atoms with Gasteiger partial charge < -0.3 is 15.2 Å². The molecule has 0 unspecified atom stereocenters. The third-order valence-electron chi connectivity index (χ3n) is 4.92. The average molecular weight is 377 g/mol. The fraction of sp³-hybridized carbons (Fsp3) is 0.190. The number of hydrogen-bond acceptors (Lipinski definition) is 4. The highest BCUT2D eigenvalue weighted by Crippen LogP contribution is 2.44. The van der Waals surface area contributed by atoms with Crippen LogP contribution in [0.15, 0.2) is 60.8 Å². The third-order valence-corrected chi connectivity index (χ3v) is 4.92. The SMILES string of the molecule is O=C(N[C@@H](Cc1ccn[nH]1)C(=O)O)OCC1c2ccccc2-c2ccccc21. The molecule has 1 aromatic heterocycles. The minimum Gasteiger partial charge on any atom is -0.480 e. The predicted molar refractivity (Wildman–Crippen MR) is 102 cm³/mol. The molecule has 0 aliphatic heterocycles. The predicted octanol–water partition coefficient (Wildman–Crippen LogP) is 2.94. The van der Waals surface area contributed by atoms with Crippen molar-refractivity contribution in [3.05, 3.63) is 77.6 Å². The van der Waals surface area contributed by atoms with Crippen molar-refractivity contribution in [2.45, 2.75) is 18.4 Å². The number of aromatic amines is 1. The Bertz CT molecular complexity index is 955. The van der Waals surface area contributed by atoms with E-state index in [4.69, 9.17) is 4.74 Å². The second kappa shape index (κ2) is 7.56. The maximum Gasteiger partial charge on any atom is 0.407 e. The van der Waals surface area contributed by atoms with Gasteiger partial charge in [0.2, 0.25) is 0 Å². The molecule has 0 fully saturated rings. The first kappa shape index (κ1) is 17.8. The van der Waals surface area contributed by atoms with Gasteiger partial charge in [-0.2, -0.15) is 5.10 Å². The highest BCUT2D eigenvalue weighted by molar-refractivity contribution is 5.81. The zero-order valence-corrected chi connectivity index (χ0v) is 15.0. The van der Waals surface area contributed by atoms with Crippen molar-refractivity contribution in [3.63, 3.8) is 0 Å². The molecule has 3 aromatic rings. The number of carboxylic acid groups (broad SMARTS) is 1. The van der Waals surface area contributed by atoms with Crippen molar-refractivity contribution in [1.82, 2.24) is 15.5 Å². The normalized spacial score (nSPS) is 13.4. The van der Waals surface area contributed by atoms with E-state index in [9.17, 15) is 14.7 Å². The lowest BCUT2D eigenvalue weighted by atomic mass is 9.98. The summed E-state index contributed by atoms with van der Waals surface area (Å²) >= 11 is 0. The molecule has 3 N–H and O–H groups in total. The smallest absolute Gasteiger partial charge is 0.407 e. The summed E-state index contributed by atoms with van der Waals surface area (Å²) < 4.78 is 5.40. The zero-order chi connectivity index (χ0) is 19.5. The van der Waals surface area contributed by atoms with Crippen LogP contribution in [0, 0.1) is 0 Å². The van der Waals surface area contributed by atoms with Crippen molar-refractivity contribution in [2.24, 2.45) is 0 Å². The number of alkyl carbamates (subject to hydrolysis) is 1. The van der Waals surface area contributed by atoms with Crippen LogP contribution < -0.4 is 5.32 Å². The van der Waals surface area contributed by atoms with Gasteiger partial charge in [-0.25, -0.2) is 9.59 Å². The molecule has 7 nitrogen and oxygen atoms in total. The Morgan fingerprint density at radius 1 is 1.07 bits per heavy atom. The maximum atomic E-state index is 12.2. The number of carbonyl (C=O) groups excluding carboxylic acids is 1. The molecule has 142 valence electrons. The molecule has 0 spiro atoms. The van der Waals surface area contributed by atoms with Crippen molar-refractivity contribution < 1.29 is 19.4 Å². The van der Waals surface area contributed by atoms with Gasteiger partial charge in [-0.05, 0) is 28.3 Å². The van der Waals surface area contributed by atoms with Gasteiger partial charge in [0.15, 0.2) is 0 Å². The van der Waals surface area contributed by atoms with Crippen LogP contribution in [-0.4, -0.2) is 40.0 Å². The largest absolute Gasteiger partial charge is 0.480 e. The molecule has 0 radical (unpaired) electrons. The Morgan fingerprint density at radius 3 is 2.29 bits per heavy atom. The number of nitrogens with zero attached hydrogens (tertiary/aromatic N) is 1. The number of carbonyl (C=O) groups is 2. The van der Waals surface area contributed by atoms with Gasteiger partial charge in [-0.3, -0.25) is 5.10 Å². The first-order chi connectivity index (χ1) is 13.6. The number of benzene rings is 2. The number of aliphatic carboxylic acids is 1. The monoisotopic (exact) mass is 377 g/mol. The number of hydrogen-bond donors (Lipinski definition) is 3. The fourth-order valence-electron chi connectivity index (χ4n) is 3.60. The summed E-state index contributed by atoms with van der Waals surface area (Å²) in [6, 6.07) is 16.6. The summed E-state index contributed by atoms with van der Waals surface area (Å²) in [6.45, 7) is 0.135. The average Bonchev–Trinajstić information content (AvgIpc) is 3.32. The Morgan fingerprint density at radius 2 is 1.71 bits per heavy atom. The summed E-state index contributed by atoms with van der Waals surface area (Å²) in [5.41, 5.74) is 5.09. The van der Waals surface area contributed by atoms with E-state index >= 15 is 0 Å². The van der Waals surface area contributed by atoms with Crippen molar-refractivity contribution in [3.8, 4) is 11.1 Å². The van der Waals surface area contributed by atoms with Crippen LogP contribution in [0.5, 0.6) is 0 Å². The minimum atomic E-state index is -1.14. The molecule has 2 aromatic carbocycles. The number of ether oxygens (including phenoxy) is 1. The minimum absolute atomic E-state index is 0.0750. The molecule has 0 bridgehead atoms. The van der Waals surface area contributed by atoms with E-state index in [1.165, 1.54) is 6.20 Å². The van der Waals surface area contributed by atoms with Gasteiger partial charge in [0.1, 0.15) is 12.6 Å². The van der Waals surface area contributed by atoms with E-state index in [1.54, 1.807) is 6.07 Å². The van der Waals surface area contributed by atoms with E-state index in [0.717, 1.165) is 22.3 Å². The van der Waals surface area contributed by atoms with Crippen LogP contribution in [0.1, 0.15) is 22.7 Å². The topological polar surface area (TPSA) is 104 Å². The number of amides is 1. The lowest BCUT2D eigenvalue weighted by Gasteiger charge is -2.17. The molecule has 28 heavy (non-hydrogen) atoms. The summed E-state index contributed by atoms with van der Waals surface area (Å²) in [7, 11) is 0. The van der Waals surface area contributed by atoms with Crippen molar-refractivity contribution in [2.75, 3.05) is 6.61 Å². The van der Waals surface area contributed by atoms with E-state index < -0.39 is 18.1 Å². The number of nitrogens with one attached hydrogen (secondary N) is 2. The second-order valence-corrected chi connectivity index (χ2v) is 6.65. The van der Waals surface area contributed by atoms with Gasteiger partial charge in [-0.15, -0.1) is 0 Å².